The van der Waals surface area contributed by atoms with E-state index >= 15 is 0 Å². The van der Waals surface area contributed by atoms with Crippen LogP contribution in [0.15, 0.2) is 0 Å². The van der Waals surface area contributed by atoms with E-state index in [0.717, 1.165) is 6.42 Å². The molecule has 19 heteroatoms. The summed E-state index contributed by atoms with van der Waals surface area (Å²) in [6.45, 7) is 4.00. The number of carboxylic acids is 2. The maximum absolute atomic E-state index is 11.4. The molecule has 4 rings (SSSR count). The number of rotatable bonds is 2. The first-order valence-electron chi connectivity index (χ1n) is 6.93. The molecule has 4 saturated carbocycles. The normalized spacial score (nSPS) is 24.1. The van der Waals surface area contributed by atoms with E-state index < -0.39 is 22.8 Å². The molecule has 147 valence electrons. The van der Waals surface area contributed by atoms with Crippen LogP contribution in [0.4, 0.5) is 0 Å². The van der Waals surface area contributed by atoms with Gasteiger partial charge in [0, 0.05) is 491 Å². The van der Waals surface area contributed by atoms with Gasteiger partial charge in [0.15, 0.2) is 0 Å². The van der Waals surface area contributed by atoms with Crippen molar-refractivity contribution < 1.29 is 510 Å². The Labute approximate surface area is 578 Å². The van der Waals surface area contributed by atoms with E-state index in [0.29, 0.717) is 43.9 Å². The molecule has 4 fully saturated rings. The van der Waals surface area contributed by atoms with Crippen LogP contribution in [0.2, 0.25) is 0 Å². The zero-order valence-corrected chi connectivity index (χ0v) is 62.3. The van der Waals surface area contributed by atoms with Crippen molar-refractivity contribution in [3.8, 4) is 0 Å². The van der Waals surface area contributed by atoms with Crippen LogP contribution in [0.5, 0.6) is 0 Å². The Hall–Kier alpha value is 15.5. The molecule has 0 aliphatic heterocycles. The third-order valence-corrected chi connectivity index (χ3v) is 4.97. The van der Waals surface area contributed by atoms with E-state index in [2.05, 4.69) is 0 Å². The standard InChI is InChI=1S/C12H16O4.C2H6.15Y/c13-9(14)11-2-7-1-8(4-11)5-12(3-7,6-11)10(15)16;1-2;;;;;;;;;;;;;;;/h7-8H,1-6H2,(H,13,14)(H,15,16);1-2H3;;;;;;;;;;;;;;;. The van der Waals surface area contributed by atoms with Gasteiger partial charge in [-0.3, -0.25) is 9.59 Å². The minimum Gasteiger partial charge on any atom is -0.481 e. The van der Waals surface area contributed by atoms with Gasteiger partial charge >= 0.3 is 11.9 Å². The van der Waals surface area contributed by atoms with Crippen molar-refractivity contribution >= 4 is 11.9 Å². The Morgan fingerprint density at radius 3 is 0.848 bits per heavy atom. The Kier molecular flexibility index (Phi) is 138. The zero-order chi connectivity index (χ0) is 13.6. The first-order valence-corrected chi connectivity index (χ1v) is 6.93. The van der Waals surface area contributed by atoms with Crippen LogP contribution in [0.1, 0.15) is 52.4 Å². The second kappa shape index (κ2) is 49.6. The van der Waals surface area contributed by atoms with Crippen molar-refractivity contribution in [1.82, 2.24) is 0 Å². The third-order valence-electron chi connectivity index (χ3n) is 4.97. The van der Waals surface area contributed by atoms with E-state index in [1.807, 2.05) is 13.8 Å². The van der Waals surface area contributed by atoms with Crippen molar-refractivity contribution in [2.24, 2.45) is 22.7 Å². The molecule has 0 heterocycles. The van der Waals surface area contributed by atoms with E-state index in [4.69, 9.17) is 0 Å². The van der Waals surface area contributed by atoms with Crippen LogP contribution in [-0.2, 0) is 500 Å². The van der Waals surface area contributed by atoms with Gasteiger partial charge in [-0.25, -0.2) is 0 Å². The van der Waals surface area contributed by atoms with Crippen molar-refractivity contribution in [2.75, 3.05) is 0 Å². The predicted molar refractivity (Wildman–Crippen MR) is 66.2 cm³/mol. The van der Waals surface area contributed by atoms with Gasteiger partial charge in [0.2, 0.25) is 0 Å². The summed E-state index contributed by atoms with van der Waals surface area (Å²) in [6.07, 6.45) is 4.21. The molecule has 0 spiro atoms. The van der Waals surface area contributed by atoms with Crippen molar-refractivity contribution in [1.29, 1.82) is 0 Å². The first kappa shape index (κ1) is 91.9. The van der Waals surface area contributed by atoms with Crippen LogP contribution in [0.3, 0.4) is 0 Å². The van der Waals surface area contributed by atoms with Crippen LogP contribution < -0.4 is 0 Å². The fourth-order valence-corrected chi connectivity index (χ4v) is 4.76. The van der Waals surface area contributed by atoms with E-state index in [9.17, 15) is 19.8 Å². The van der Waals surface area contributed by atoms with E-state index in [-0.39, 0.29) is 491 Å². The molecule has 0 amide bonds. The largest absolute Gasteiger partial charge is 0.481 e. The molecule has 0 aromatic carbocycles. The summed E-state index contributed by atoms with van der Waals surface area (Å²) in [5.74, 6) is -0.888. The second-order valence-electron chi connectivity index (χ2n) is 6.13. The van der Waals surface area contributed by atoms with Gasteiger partial charge in [0.1, 0.15) is 0 Å². The van der Waals surface area contributed by atoms with Crippen molar-refractivity contribution in [3.05, 3.63) is 0 Å². The van der Waals surface area contributed by atoms with Gasteiger partial charge in [-0.2, -0.15) is 0 Å². The fraction of sp³-hybridized carbons (Fsp3) is 0.857. The smallest absolute Gasteiger partial charge is 0.309 e. The summed E-state index contributed by atoms with van der Waals surface area (Å²) >= 11 is 0. The number of hydrogen-bond donors (Lipinski definition) is 2. The topological polar surface area (TPSA) is 74.6 Å². The number of aliphatic carboxylic acids is 2. The summed E-state index contributed by atoms with van der Waals surface area (Å²) in [6, 6.07) is 0. The van der Waals surface area contributed by atoms with Crippen LogP contribution in [0, 0.1) is 22.7 Å². The molecular formula is C14H22O4Y15. The second-order valence-corrected chi connectivity index (χ2v) is 6.13. The minimum atomic E-state index is -0.771. The molecule has 4 aliphatic rings. The Morgan fingerprint density at radius 2 is 0.697 bits per heavy atom. The Bertz CT molecular complexity index is 361. The Morgan fingerprint density at radius 1 is 0.515 bits per heavy atom. The van der Waals surface area contributed by atoms with Gasteiger partial charge in [0.25, 0.3) is 0 Å². The van der Waals surface area contributed by atoms with Crippen molar-refractivity contribution in [2.45, 2.75) is 52.4 Å². The molecule has 33 heavy (non-hydrogen) atoms. The molecule has 4 aliphatic carbocycles. The maximum atomic E-state index is 11.4. The molecular weight excluding hydrogens is 1570 g/mol. The van der Waals surface area contributed by atoms with Gasteiger partial charge in [-0.1, -0.05) is 13.8 Å². The van der Waals surface area contributed by atoms with E-state index in [1.165, 1.54) is 0 Å². The van der Waals surface area contributed by atoms with Crippen LogP contribution in [0.25, 0.3) is 0 Å². The van der Waals surface area contributed by atoms with Gasteiger partial charge in [-0.15, -0.1) is 0 Å². The monoisotopic (exact) mass is 1590 g/mol. The van der Waals surface area contributed by atoms with Crippen LogP contribution >= 0.6 is 0 Å². The van der Waals surface area contributed by atoms with Gasteiger partial charge < -0.3 is 10.2 Å². The van der Waals surface area contributed by atoms with Crippen molar-refractivity contribution in [3.63, 3.8) is 0 Å². The molecule has 2 N–H and O–H groups in total. The fourth-order valence-electron chi connectivity index (χ4n) is 4.76. The van der Waals surface area contributed by atoms with Crippen LogP contribution in [-0.4, -0.2) is 22.2 Å². The molecule has 0 aromatic heterocycles. The average Bonchev–Trinajstić information content (AvgIpc) is 2.29. The number of carbonyl (C=O) groups is 2. The number of carboxylic acid groups (broad SMARTS) is 2. The Balaban J connectivity index is -0.0000000173. The van der Waals surface area contributed by atoms with Gasteiger partial charge in [0.05, 0.1) is 10.8 Å². The molecule has 0 aromatic rings. The molecule has 0 atom stereocenters. The van der Waals surface area contributed by atoms with E-state index in [1.54, 1.807) is 0 Å². The predicted octanol–water partition coefficient (Wildman–Crippen LogP) is 2.73. The SMILES string of the molecule is CC.O=C(O)C12CC3CC(C1)CC(C(=O)O)(C3)C2.[Y].[Y].[Y].[Y].[Y].[Y].[Y].[Y].[Y].[Y].[Y].[Y].[Y].[Y].[Y]. The minimum absolute atomic E-state index is 0. The third kappa shape index (κ3) is 29.7. The molecule has 15 radical (unpaired) electrons. The average molecular weight is 1590 g/mol. The molecule has 4 nitrogen and oxygen atoms in total. The number of hydrogen-bond acceptors (Lipinski definition) is 2. The summed E-state index contributed by atoms with van der Waals surface area (Å²) in [5.41, 5.74) is -1.44. The first-order chi connectivity index (χ1) is 8.46. The molecule has 0 saturated heterocycles. The maximum Gasteiger partial charge on any atom is 0.309 e. The summed E-state index contributed by atoms with van der Waals surface area (Å²) in [4.78, 5) is 22.8. The summed E-state index contributed by atoms with van der Waals surface area (Å²) in [5, 5.41) is 18.8. The quantitative estimate of drug-likeness (QED) is 0.447. The molecule has 4 bridgehead atoms. The summed E-state index contributed by atoms with van der Waals surface area (Å²) in [7, 11) is 0. The summed E-state index contributed by atoms with van der Waals surface area (Å²) < 4.78 is 0. The zero-order valence-electron chi connectivity index (χ0n) is 19.8. The molecule has 0 unspecified atom stereocenters. The van der Waals surface area contributed by atoms with Gasteiger partial charge in [-0.05, 0) is 50.4 Å².